The van der Waals surface area contributed by atoms with Gasteiger partial charge in [-0.2, -0.15) is 5.10 Å². The standard InChI is InChI=1S/C15H26N4O/c1-11-6-4-7-12(2)19(11)15(20)14-10-17-18(13(14)3)9-5-8-16/h10-12H,4-9,16H2,1-3H3/t11-,12+. The SMILES string of the molecule is Cc1c(C(=O)N2[C@H](C)CCC[C@@H]2C)cnn1CCCN. The minimum atomic E-state index is 0.126. The molecule has 1 amide bonds. The monoisotopic (exact) mass is 278 g/mol. The van der Waals surface area contributed by atoms with Crippen LogP contribution in [0.15, 0.2) is 6.20 Å². The summed E-state index contributed by atoms with van der Waals surface area (Å²) < 4.78 is 1.89. The van der Waals surface area contributed by atoms with E-state index in [1.807, 2.05) is 16.5 Å². The summed E-state index contributed by atoms with van der Waals surface area (Å²) in [7, 11) is 0. The van der Waals surface area contributed by atoms with Crippen molar-refractivity contribution < 1.29 is 4.79 Å². The van der Waals surface area contributed by atoms with E-state index in [4.69, 9.17) is 5.73 Å². The highest BCUT2D eigenvalue weighted by Crippen LogP contribution is 2.25. The number of likely N-dealkylation sites (tertiary alicyclic amines) is 1. The number of carbonyl (C=O) groups excluding carboxylic acids is 1. The van der Waals surface area contributed by atoms with Crippen LogP contribution in [0.2, 0.25) is 0 Å². The van der Waals surface area contributed by atoms with Crippen molar-refractivity contribution >= 4 is 5.91 Å². The molecule has 1 aromatic heterocycles. The molecule has 1 saturated heterocycles. The van der Waals surface area contributed by atoms with Crippen molar-refractivity contribution in [2.24, 2.45) is 5.73 Å². The Balaban J connectivity index is 2.18. The van der Waals surface area contributed by atoms with Gasteiger partial charge in [-0.05, 0) is 53.0 Å². The molecule has 0 bridgehead atoms. The molecule has 2 heterocycles. The van der Waals surface area contributed by atoms with Gasteiger partial charge < -0.3 is 10.6 Å². The third-order valence-corrected chi connectivity index (χ3v) is 4.34. The zero-order valence-electron chi connectivity index (χ0n) is 12.8. The molecule has 0 saturated carbocycles. The molecule has 5 nitrogen and oxygen atoms in total. The Morgan fingerprint density at radius 2 is 2.05 bits per heavy atom. The number of nitrogens with zero attached hydrogens (tertiary/aromatic N) is 3. The second-order valence-electron chi connectivity index (χ2n) is 5.85. The van der Waals surface area contributed by atoms with Crippen molar-refractivity contribution in [2.75, 3.05) is 6.54 Å². The molecule has 1 fully saturated rings. The van der Waals surface area contributed by atoms with Crippen LogP contribution in [-0.2, 0) is 6.54 Å². The summed E-state index contributed by atoms with van der Waals surface area (Å²) in [6.45, 7) is 7.67. The lowest BCUT2D eigenvalue weighted by Gasteiger charge is -2.39. The van der Waals surface area contributed by atoms with E-state index < -0.39 is 0 Å². The van der Waals surface area contributed by atoms with Crippen molar-refractivity contribution in [3.05, 3.63) is 17.5 Å². The van der Waals surface area contributed by atoms with Crippen molar-refractivity contribution in [2.45, 2.75) is 65.1 Å². The maximum Gasteiger partial charge on any atom is 0.257 e. The van der Waals surface area contributed by atoms with Crippen molar-refractivity contribution in [1.29, 1.82) is 0 Å². The molecule has 0 unspecified atom stereocenters. The fourth-order valence-electron chi connectivity index (χ4n) is 3.08. The van der Waals surface area contributed by atoms with Crippen LogP contribution < -0.4 is 5.73 Å². The minimum Gasteiger partial charge on any atom is -0.333 e. The van der Waals surface area contributed by atoms with Gasteiger partial charge in [0.15, 0.2) is 0 Å². The molecule has 0 radical (unpaired) electrons. The molecule has 0 spiro atoms. The Morgan fingerprint density at radius 1 is 1.40 bits per heavy atom. The van der Waals surface area contributed by atoms with Crippen LogP contribution in [-0.4, -0.2) is 39.2 Å². The summed E-state index contributed by atoms with van der Waals surface area (Å²) in [5, 5.41) is 4.33. The number of nitrogens with two attached hydrogens (primary N) is 1. The molecule has 1 aromatic rings. The largest absolute Gasteiger partial charge is 0.333 e. The lowest BCUT2D eigenvalue weighted by Crippen LogP contribution is -2.47. The molecular weight excluding hydrogens is 252 g/mol. The number of rotatable bonds is 4. The van der Waals surface area contributed by atoms with E-state index in [-0.39, 0.29) is 5.91 Å². The maximum atomic E-state index is 12.8. The van der Waals surface area contributed by atoms with Gasteiger partial charge in [0, 0.05) is 24.3 Å². The van der Waals surface area contributed by atoms with E-state index in [1.54, 1.807) is 6.20 Å². The van der Waals surface area contributed by atoms with E-state index in [9.17, 15) is 4.79 Å². The Bertz CT molecular complexity index is 458. The second-order valence-corrected chi connectivity index (χ2v) is 5.85. The van der Waals surface area contributed by atoms with Crippen LogP contribution in [0.25, 0.3) is 0 Å². The van der Waals surface area contributed by atoms with Crippen LogP contribution in [0.3, 0.4) is 0 Å². The summed E-state index contributed by atoms with van der Waals surface area (Å²) in [5.74, 6) is 0.126. The number of aromatic nitrogens is 2. The zero-order valence-corrected chi connectivity index (χ0v) is 12.8. The summed E-state index contributed by atoms with van der Waals surface area (Å²) in [6, 6.07) is 0.635. The first-order valence-corrected chi connectivity index (χ1v) is 7.61. The van der Waals surface area contributed by atoms with Gasteiger partial charge in [0.1, 0.15) is 0 Å². The van der Waals surface area contributed by atoms with E-state index in [1.165, 1.54) is 6.42 Å². The van der Waals surface area contributed by atoms with Gasteiger partial charge in [-0.1, -0.05) is 0 Å². The second kappa shape index (κ2) is 6.39. The molecular formula is C15H26N4O. The predicted molar refractivity (Wildman–Crippen MR) is 79.6 cm³/mol. The van der Waals surface area contributed by atoms with E-state index >= 15 is 0 Å². The summed E-state index contributed by atoms with van der Waals surface area (Å²) >= 11 is 0. The summed E-state index contributed by atoms with van der Waals surface area (Å²) in [4.78, 5) is 14.8. The van der Waals surface area contributed by atoms with Crippen LogP contribution >= 0.6 is 0 Å². The van der Waals surface area contributed by atoms with E-state index in [0.717, 1.165) is 37.1 Å². The van der Waals surface area contributed by atoms with Gasteiger partial charge in [-0.15, -0.1) is 0 Å². The van der Waals surface area contributed by atoms with E-state index in [0.29, 0.717) is 18.6 Å². The minimum absolute atomic E-state index is 0.126. The predicted octanol–water partition coefficient (Wildman–Crippen LogP) is 1.94. The van der Waals surface area contributed by atoms with E-state index in [2.05, 4.69) is 18.9 Å². The third kappa shape index (κ3) is 2.87. The highest BCUT2D eigenvalue weighted by Gasteiger charge is 2.31. The molecule has 5 heteroatoms. The lowest BCUT2D eigenvalue weighted by molar-refractivity contribution is 0.0510. The molecule has 0 aromatic carbocycles. The average Bonchev–Trinajstić information content (AvgIpc) is 2.77. The molecule has 112 valence electrons. The number of piperidine rings is 1. The molecule has 20 heavy (non-hydrogen) atoms. The Hall–Kier alpha value is -1.36. The van der Waals surface area contributed by atoms with Crippen LogP contribution in [0.1, 0.15) is 55.6 Å². The van der Waals surface area contributed by atoms with Gasteiger partial charge in [-0.25, -0.2) is 0 Å². The van der Waals surface area contributed by atoms with Crippen LogP contribution in [0, 0.1) is 6.92 Å². The molecule has 2 atom stereocenters. The smallest absolute Gasteiger partial charge is 0.257 e. The first-order valence-electron chi connectivity index (χ1n) is 7.61. The highest BCUT2D eigenvalue weighted by molar-refractivity contribution is 5.95. The topological polar surface area (TPSA) is 64.2 Å². The lowest BCUT2D eigenvalue weighted by atomic mass is 9.96. The van der Waals surface area contributed by atoms with Gasteiger partial charge in [0.05, 0.1) is 11.8 Å². The van der Waals surface area contributed by atoms with Gasteiger partial charge in [-0.3, -0.25) is 9.48 Å². The average molecular weight is 278 g/mol. The van der Waals surface area contributed by atoms with Crippen molar-refractivity contribution in [1.82, 2.24) is 14.7 Å². The van der Waals surface area contributed by atoms with Gasteiger partial charge in [0.2, 0.25) is 0 Å². The molecule has 0 aliphatic carbocycles. The Labute approximate surface area is 121 Å². The zero-order chi connectivity index (χ0) is 14.7. The third-order valence-electron chi connectivity index (χ3n) is 4.34. The summed E-state index contributed by atoms with van der Waals surface area (Å²) in [5.41, 5.74) is 7.22. The Kier molecular flexibility index (Phi) is 4.81. The first kappa shape index (κ1) is 15.0. The van der Waals surface area contributed by atoms with Gasteiger partial charge in [0.25, 0.3) is 5.91 Å². The van der Waals surface area contributed by atoms with Crippen LogP contribution in [0.5, 0.6) is 0 Å². The molecule has 1 aliphatic rings. The molecule has 2 N–H and O–H groups in total. The molecule has 1 aliphatic heterocycles. The van der Waals surface area contributed by atoms with Crippen molar-refractivity contribution in [3.8, 4) is 0 Å². The van der Waals surface area contributed by atoms with Crippen molar-refractivity contribution in [3.63, 3.8) is 0 Å². The number of hydrogen-bond donors (Lipinski definition) is 1. The number of aryl methyl sites for hydroxylation is 1. The quantitative estimate of drug-likeness (QED) is 0.915. The normalized spacial score (nSPS) is 23.1. The van der Waals surface area contributed by atoms with Crippen LogP contribution in [0.4, 0.5) is 0 Å². The summed E-state index contributed by atoms with van der Waals surface area (Å²) in [6.07, 6.45) is 5.99. The van der Waals surface area contributed by atoms with Gasteiger partial charge >= 0.3 is 0 Å². The fourth-order valence-corrected chi connectivity index (χ4v) is 3.08. The maximum absolute atomic E-state index is 12.8. The Morgan fingerprint density at radius 3 is 2.65 bits per heavy atom. The number of amides is 1. The highest BCUT2D eigenvalue weighted by atomic mass is 16.2. The molecule has 2 rings (SSSR count). The number of hydrogen-bond acceptors (Lipinski definition) is 3. The number of carbonyl (C=O) groups is 1. The fraction of sp³-hybridized carbons (Fsp3) is 0.733. The first-order chi connectivity index (χ1) is 9.56.